The fraction of sp³-hybridized carbons (Fsp3) is 0.818. The topological polar surface area (TPSA) is 59.2 Å². The van der Waals surface area contributed by atoms with Crippen LogP contribution in [0, 0.1) is 0 Å². The van der Waals surface area contributed by atoms with E-state index >= 15 is 0 Å². The fourth-order valence-electron chi connectivity index (χ4n) is 2.20. The predicted octanol–water partition coefficient (Wildman–Crippen LogP) is 2.34. The van der Waals surface area contributed by atoms with Crippen molar-refractivity contribution in [3.05, 3.63) is 11.7 Å². The average Bonchev–Trinajstić information content (AvgIpc) is 2.68. The van der Waals surface area contributed by atoms with Crippen molar-refractivity contribution >= 4 is 0 Å². The summed E-state index contributed by atoms with van der Waals surface area (Å²) >= 11 is 0. The minimum absolute atomic E-state index is 0.0262. The van der Waals surface area contributed by atoms with Gasteiger partial charge in [-0.25, -0.2) is 0 Å². The Morgan fingerprint density at radius 3 is 2.53 bits per heavy atom. The molecule has 1 unspecified atom stereocenters. The van der Waals surface area contributed by atoms with Gasteiger partial charge in [-0.1, -0.05) is 31.3 Å². The highest BCUT2D eigenvalue weighted by atomic mass is 16.5. The minimum atomic E-state index is -0.644. The van der Waals surface area contributed by atoms with Crippen LogP contribution in [0.4, 0.5) is 0 Å². The Bertz CT molecular complexity index is 327. The number of hydrogen-bond donors (Lipinski definition) is 1. The van der Waals surface area contributed by atoms with E-state index < -0.39 is 6.10 Å². The van der Waals surface area contributed by atoms with Crippen molar-refractivity contribution in [3.63, 3.8) is 0 Å². The Hall–Kier alpha value is -0.900. The standard InChI is InChI=1S/C11H18N2O2/c1-8(14)9-12-10(15-13-9)11(2)6-4-3-5-7-11/h8,14H,3-7H2,1-2H3. The molecule has 1 N–H and O–H groups in total. The summed E-state index contributed by atoms with van der Waals surface area (Å²) in [6, 6.07) is 0. The van der Waals surface area contributed by atoms with Gasteiger partial charge in [-0.15, -0.1) is 0 Å². The van der Waals surface area contributed by atoms with Gasteiger partial charge in [0.1, 0.15) is 6.10 Å². The van der Waals surface area contributed by atoms with Crippen molar-refractivity contribution in [3.8, 4) is 0 Å². The van der Waals surface area contributed by atoms with E-state index in [0.29, 0.717) is 11.7 Å². The van der Waals surface area contributed by atoms with Crippen molar-refractivity contribution in [1.29, 1.82) is 0 Å². The highest BCUT2D eigenvalue weighted by Crippen LogP contribution is 2.38. The molecule has 0 aliphatic heterocycles. The second-order valence-corrected chi connectivity index (χ2v) is 4.76. The second kappa shape index (κ2) is 3.93. The van der Waals surface area contributed by atoms with Gasteiger partial charge >= 0.3 is 0 Å². The zero-order valence-corrected chi connectivity index (χ0v) is 9.36. The molecule has 0 spiro atoms. The van der Waals surface area contributed by atoms with Crippen LogP contribution < -0.4 is 0 Å². The monoisotopic (exact) mass is 210 g/mol. The SMILES string of the molecule is CC(O)c1noc(C2(C)CCCCC2)n1. The van der Waals surface area contributed by atoms with Crippen LogP contribution in [-0.2, 0) is 5.41 Å². The van der Waals surface area contributed by atoms with Crippen LogP contribution >= 0.6 is 0 Å². The molecule has 1 aromatic rings. The minimum Gasteiger partial charge on any atom is -0.385 e. The van der Waals surface area contributed by atoms with E-state index in [1.807, 2.05) is 0 Å². The number of aliphatic hydroxyl groups excluding tert-OH is 1. The molecule has 1 atom stereocenters. The number of rotatable bonds is 2. The molecule has 4 nitrogen and oxygen atoms in total. The summed E-state index contributed by atoms with van der Waals surface area (Å²) in [5.41, 5.74) is 0.0262. The highest BCUT2D eigenvalue weighted by molar-refractivity contribution is 5.05. The molecule has 1 aliphatic carbocycles. The fourth-order valence-corrected chi connectivity index (χ4v) is 2.20. The molecule has 2 rings (SSSR count). The van der Waals surface area contributed by atoms with Gasteiger partial charge in [0.2, 0.25) is 5.89 Å². The van der Waals surface area contributed by atoms with Gasteiger partial charge in [-0.2, -0.15) is 4.98 Å². The van der Waals surface area contributed by atoms with E-state index in [1.54, 1.807) is 6.92 Å². The van der Waals surface area contributed by atoms with Crippen molar-refractivity contribution < 1.29 is 9.63 Å². The third-order valence-electron chi connectivity index (χ3n) is 3.29. The average molecular weight is 210 g/mol. The van der Waals surface area contributed by atoms with Gasteiger partial charge < -0.3 is 9.63 Å². The maximum absolute atomic E-state index is 9.33. The molecule has 0 aromatic carbocycles. The molecule has 1 saturated carbocycles. The first kappa shape index (κ1) is 10.6. The number of nitrogens with zero attached hydrogens (tertiary/aromatic N) is 2. The van der Waals surface area contributed by atoms with Crippen LogP contribution in [0.2, 0.25) is 0 Å². The van der Waals surface area contributed by atoms with E-state index in [9.17, 15) is 5.11 Å². The zero-order chi connectivity index (χ0) is 10.9. The first-order valence-corrected chi connectivity index (χ1v) is 5.64. The molecule has 0 radical (unpaired) electrons. The number of aromatic nitrogens is 2. The summed E-state index contributed by atoms with van der Waals surface area (Å²) in [5, 5.41) is 13.1. The van der Waals surface area contributed by atoms with Crippen LogP contribution in [0.5, 0.6) is 0 Å². The Morgan fingerprint density at radius 1 is 1.33 bits per heavy atom. The second-order valence-electron chi connectivity index (χ2n) is 4.76. The van der Waals surface area contributed by atoms with Crippen molar-refractivity contribution in [1.82, 2.24) is 10.1 Å². The van der Waals surface area contributed by atoms with E-state index in [-0.39, 0.29) is 5.41 Å². The third kappa shape index (κ3) is 2.04. The first-order chi connectivity index (χ1) is 7.12. The molecular formula is C11H18N2O2. The number of aliphatic hydroxyl groups is 1. The summed E-state index contributed by atoms with van der Waals surface area (Å²) in [6.45, 7) is 3.82. The molecule has 0 saturated heterocycles. The van der Waals surface area contributed by atoms with Gasteiger partial charge in [0.15, 0.2) is 5.82 Å². The summed E-state index contributed by atoms with van der Waals surface area (Å²) in [7, 11) is 0. The van der Waals surface area contributed by atoms with Crippen LogP contribution in [0.3, 0.4) is 0 Å². The molecule has 4 heteroatoms. The van der Waals surface area contributed by atoms with Crippen LogP contribution in [0.25, 0.3) is 0 Å². The third-order valence-corrected chi connectivity index (χ3v) is 3.29. The van der Waals surface area contributed by atoms with E-state index in [4.69, 9.17) is 4.52 Å². The first-order valence-electron chi connectivity index (χ1n) is 5.64. The molecule has 0 bridgehead atoms. The van der Waals surface area contributed by atoms with Crippen molar-refractivity contribution in [2.75, 3.05) is 0 Å². The molecule has 1 aromatic heterocycles. The summed E-state index contributed by atoms with van der Waals surface area (Å²) < 4.78 is 5.25. The maximum atomic E-state index is 9.33. The van der Waals surface area contributed by atoms with Gasteiger partial charge in [0, 0.05) is 5.41 Å². The largest absolute Gasteiger partial charge is 0.385 e. The Morgan fingerprint density at radius 2 is 2.00 bits per heavy atom. The lowest BCUT2D eigenvalue weighted by Gasteiger charge is -2.29. The highest BCUT2D eigenvalue weighted by Gasteiger charge is 2.34. The van der Waals surface area contributed by atoms with Crippen molar-refractivity contribution in [2.24, 2.45) is 0 Å². The van der Waals surface area contributed by atoms with Crippen LogP contribution in [0.15, 0.2) is 4.52 Å². The zero-order valence-electron chi connectivity index (χ0n) is 9.36. The molecule has 1 heterocycles. The van der Waals surface area contributed by atoms with Gasteiger partial charge in [0.05, 0.1) is 0 Å². The molecule has 1 fully saturated rings. The Labute approximate surface area is 89.7 Å². The summed E-state index contributed by atoms with van der Waals surface area (Å²) in [6.07, 6.45) is 5.32. The van der Waals surface area contributed by atoms with Gasteiger partial charge in [0.25, 0.3) is 0 Å². The van der Waals surface area contributed by atoms with Crippen molar-refractivity contribution in [2.45, 2.75) is 57.5 Å². The van der Waals surface area contributed by atoms with Crippen LogP contribution in [0.1, 0.15) is 63.8 Å². The van der Waals surface area contributed by atoms with Gasteiger partial charge in [-0.3, -0.25) is 0 Å². The van der Waals surface area contributed by atoms with E-state index in [2.05, 4.69) is 17.1 Å². The molecule has 1 aliphatic rings. The summed E-state index contributed by atoms with van der Waals surface area (Å²) in [5.74, 6) is 1.09. The predicted molar refractivity (Wildman–Crippen MR) is 55.4 cm³/mol. The molecular weight excluding hydrogens is 192 g/mol. The lowest BCUT2D eigenvalue weighted by Crippen LogP contribution is -2.25. The van der Waals surface area contributed by atoms with Gasteiger partial charge in [-0.05, 0) is 19.8 Å². The molecule has 84 valence electrons. The van der Waals surface area contributed by atoms with E-state index in [0.717, 1.165) is 12.8 Å². The van der Waals surface area contributed by atoms with E-state index in [1.165, 1.54) is 19.3 Å². The molecule has 15 heavy (non-hydrogen) atoms. The maximum Gasteiger partial charge on any atom is 0.232 e. The lowest BCUT2D eigenvalue weighted by molar-refractivity contribution is 0.183. The molecule has 0 amide bonds. The Balaban J connectivity index is 2.20. The number of hydrogen-bond acceptors (Lipinski definition) is 4. The van der Waals surface area contributed by atoms with Crippen LogP contribution in [-0.4, -0.2) is 15.2 Å². The smallest absolute Gasteiger partial charge is 0.232 e. The quantitative estimate of drug-likeness (QED) is 0.814. The lowest BCUT2D eigenvalue weighted by atomic mass is 9.75. The summed E-state index contributed by atoms with van der Waals surface area (Å²) in [4.78, 5) is 4.28. The normalized spacial score (nSPS) is 22.6. The Kier molecular flexibility index (Phi) is 2.78.